The molecule has 0 radical (unpaired) electrons. The van der Waals surface area contributed by atoms with Crippen LogP contribution in [0.1, 0.15) is 19.8 Å². The van der Waals surface area contributed by atoms with Crippen LogP contribution < -0.4 is 0 Å². The predicted octanol–water partition coefficient (Wildman–Crippen LogP) is 2.50. The van der Waals surface area contributed by atoms with Crippen molar-refractivity contribution in [2.45, 2.75) is 19.8 Å². The molecule has 0 aromatic heterocycles. The van der Waals surface area contributed by atoms with E-state index in [2.05, 4.69) is 22.6 Å². The van der Waals surface area contributed by atoms with Crippen LogP contribution in [0.2, 0.25) is 0 Å². The van der Waals surface area contributed by atoms with Gasteiger partial charge in [0.2, 0.25) is 0 Å². The van der Waals surface area contributed by atoms with E-state index >= 15 is 0 Å². The average Bonchev–Trinajstić information content (AvgIpc) is 1.85. The molecule has 2 nitrogen and oxygen atoms in total. The number of halogens is 1. The highest BCUT2D eigenvalue weighted by Gasteiger charge is 2.16. The van der Waals surface area contributed by atoms with E-state index in [1.54, 1.807) is 0 Å². The fourth-order valence-electron chi connectivity index (χ4n) is 1.14. The molecule has 1 rings (SSSR count). The molecule has 0 bridgehead atoms. The zero-order valence-corrected chi connectivity index (χ0v) is 8.38. The molecule has 3 heteroatoms. The number of rotatable bonds is 1. The third-order valence-electron chi connectivity index (χ3n) is 1.69. The smallest absolute Gasteiger partial charge is 0.336 e. The first-order valence-electron chi connectivity index (χ1n) is 3.42. The van der Waals surface area contributed by atoms with Gasteiger partial charge in [0.05, 0.1) is 5.57 Å². The van der Waals surface area contributed by atoms with Crippen molar-refractivity contribution in [2.75, 3.05) is 0 Å². The lowest BCUT2D eigenvalue weighted by Gasteiger charge is -2.11. The molecule has 11 heavy (non-hydrogen) atoms. The molecule has 1 aliphatic carbocycles. The largest absolute Gasteiger partial charge is 0.478 e. The topological polar surface area (TPSA) is 37.3 Å². The summed E-state index contributed by atoms with van der Waals surface area (Å²) >= 11 is 2.11. The minimum atomic E-state index is -0.803. The second kappa shape index (κ2) is 3.38. The van der Waals surface area contributed by atoms with Gasteiger partial charge in [-0.05, 0) is 47.9 Å². The fourth-order valence-corrected chi connectivity index (χ4v) is 2.11. The zero-order chi connectivity index (χ0) is 8.43. The molecule has 1 N–H and O–H groups in total. The molecular weight excluding hydrogens is 255 g/mol. The monoisotopic (exact) mass is 264 g/mol. The van der Waals surface area contributed by atoms with Gasteiger partial charge >= 0.3 is 5.97 Å². The Balaban J connectivity index is 3.04. The minimum Gasteiger partial charge on any atom is -0.478 e. The number of carboxylic acids is 1. The lowest BCUT2D eigenvalue weighted by molar-refractivity contribution is -0.132. The molecule has 0 heterocycles. The van der Waals surface area contributed by atoms with E-state index in [9.17, 15) is 4.79 Å². The Labute approximate surface area is 79.1 Å². The van der Waals surface area contributed by atoms with E-state index in [-0.39, 0.29) is 0 Å². The first-order chi connectivity index (χ1) is 5.13. The maximum atomic E-state index is 10.7. The maximum absolute atomic E-state index is 10.7. The van der Waals surface area contributed by atoms with E-state index in [0.717, 1.165) is 22.0 Å². The van der Waals surface area contributed by atoms with Gasteiger partial charge in [0.15, 0.2) is 0 Å². The highest BCUT2D eigenvalue weighted by atomic mass is 127. The van der Waals surface area contributed by atoms with Gasteiger partial charge in [0, 0.05) is 3.58 Å². The van der Waals surface area contributed by atoms with Crippen molar-refractivity contribution in [1.29, 1.82) is 0 Å². The highest BCUT2D eigenvalue weighted by Crippen LogP contribution is 2.29. The first kappa shape index (κ1) is 8.77. The SMILES string of the molecule is CC1=CCCC(I)=C1C(=O)O. The van der Waals surface area contributed by atoms with E-state index < -0.39 is 5.97 Å². The molecule has 0 aliphatic heterocycles. The summed E-state index contributed by atoms with van der Waals surface area (Å²) < 4.78 is 0.968. The summed E-state index contributed by atoms with van der Waals surface area (Å²) in [7, 11) is 0. The summed E-state index contributed by atoms with van der Waals surface area (Å²) in [6.45, 7) is 1.85. The van der Waals surface area contributed by atoms with Crippen molar-refractivity contribution in [3.8, 4) is 0 Å². The third kappa shape index (κ3) is 1.83. The normalized spacial score (nSPS) is 18.2. The van der Waals surface area contributed by atoms with Crippen molar-refractivity contribution in [2.24, 2.45) is 0 Å². The van der Waals surface area contributed by atoms with E-state index in [4.69, 9.17) is 5.11 Å². The number of aliphatic carboxylic acids is 1. The molecule has 0 saturated carbocycles. The van der Waals surface area contributed by atoms with Gasteiger partial charge in [-0.2, -0.15) is 0 Å². The number of carboxylic acid groups (broad SMARTS) is 1. The van der Waals surface area contributed by atoms with Gasteiger partial charge in [-0.3, -0.25) is 0 Å². The maximum Gasteiger partial charge on any atom is 0.336 e. The number of hydrogen-bond acceptors (Lipinski definition) is 1. The van der Waals surface area contributed by atoms with E-state index in [1.807, 2.05) is 13.0 Å². The van der Waals surface area contributed by atoms with Gasteiger partial charge in [0.1, 0.15) is 0 Å². The molecule has 60 valence electrons. The Morgan fingerprint density at radius 2 is 2.36 bits per heavy atom. The standard InChI is InChI=1S/C8H9IO2/c1-5-3-2-4-6(9)7(5)8(10)11/h3H,2,4H2,1H3,(H,10,11). The number of allylic oxidation sites excluding steroid dienone is 2. The summed E-state index contributed by atoms with van der Waals surface area (Å²) in [5.41, 5.74) is 1.39. The summed E-state index contributed by atoms with van der Waals surface area (Å²) in [4.78, 5) is 10.7. The Morgan fingerprint density at radius 3 is 2.73 bits per heavy atom. The Kier molecular flexibility index (Phi) is 2.70. The first-order valence-corrected chi connectivity index (χ1v) is 4.50. The summed E-state index contributed by atoms with van der Waals surface area (Å²) in [6, 6.07) is 0. The van der Waals surface area contributed by atoms with Crippen LogP contribution in [0.3, 0.4) is 0 Å². The second-order valence-electron chi connectivity index (χ2n) is 2.51. The number of carbonyl (C=O) groups is 1. The van der Waals surface area contributed by atoms with Crippen LogP contribution in [0.25, 0.3) is 0 Å². The molecule has 0 fully saturated rings. The van der Waals surface area contributed by atoms with Crippen LogP contribution in [0, 0.1) is 0 Å². The Morgan fingerprint density at radius 1 is 1.73 bits per heavy atom. The zero-order valence-electron chi connectivity index (χ0n) is 6.22. The molecule has 1 aliphatic rings. The van der Waals surface area contributed by atoms with Crippen LogP contribution in [0.15, 0.2) is 20.8 Å². The second-order valence-corrected chi connectivity index (χ2v) is 3.81. The van der Waals surface area contributed by atoms with E-state index in [1.165, 1.54) is 0 Å². The van der Waals surface area contributed by atoms with Crippen molar-refractivity contribution in [1.82, 2.24) is 0 Å². The molecule has 0 amide bonds. The van der Waals surface area contributed by atoms with Crippen molar-refractivity contribution in [3.05, 3.63) is 20.8 Å². The van der Waals surface area contributed by atoms with Crippen molar-refractivity contribution in [3.63, 3.8) is 0 Å². The Bertz CT molecular complexity index is 251. The molecule has 0 spiro atoms. The van der Waals surface area contributed by atoms with Crippen LogP contribution in [0.4, 0.5) is 0 Å². The van der Waals surface area contributed by atoms with E-state index in [0.29, 0.717) is 5.57 Å². The fraction of sp³-hybridized carbons (Fsp3) is 0.375. The lowest BCUT2D eigenvalue weighted by atomic mass is 10.00. The highest BCUT2D eigenvalue weighted by molar-refractivity contribution is 14.1. The molecule has 0 unspecified atom stereocenters. The summed E-state index contributed by atoms with van der Waals surface area (Å²) in [5, 5.41) is 8.78. The average molecular weight is 264 g/mol. The van der Waals surface area contributed by atoms with Crippen molar-refractivity contribution >= 4 is 28.6 Å². The molecule has 0 aromatic carbocycles. The third-order valence-corrected chi connectivity index (χ3v) is 2.77. The number of hydrogen-bond donors (Lipinski definition) is 1. The lowest BCUT2D eigenvalue weighted by Crippen LogP contribution is -2.06. The van der Waals surface area contributed by atoms with Crippen LogP contribution >= 0.6 is 22.6 Å². The molecule has 0 atom stereocenters. The minimum absolute atomic E-state index is 0.497. The predicted molar refractivity (Wildman–Crippen MR) is 51.7 cm³/mol. The van der Waals surface area contributed by atoms with Gasteiger partial charge < -0.3 is 5.11 Å². The van der Waals surface area contributed by atoms with Gasteiger partial charge in [0.25, 0.3) is 0 Å². The summed E-state index contributed by atoms with van der Waals surface area (Å²) in [5.74, 6) is -0.803. The van der Waals surface area contributed by atoms with Gasteiger partial charge in [-0.25, -0.2) is 4.79 Å². The van der Waals surface area contributed by atoms with Gasteiger partial charge in [-0.1, -0.05) is 6.08 Å². The van der Waals surface area contributed by atoms with Gasteiger partial charge in [-0.15, -0.1) is 0 Å². The molecule has 0 aromatic rings. The Hall–Kier alpha value is -0.320. The van der Waals surface area contributed by atoms with Crippen LogP contribution in [-0.2, 0) is 4.79 Å². The molecule has 0 saturated heterocycles. The van der Waals surface area contributed by atoms with Crippen molar-refractivity contribution < 1.29 is 9.90 Å². The summed E-state index contributed by atoms with van der Waals surface area (Å²) in [6.07, 6.45) is 3.83. The van der Waals surface area contributed by atoms with Crippen LogP contribution in [-0.4, -0.2) is 11.1 Å². The molecular formula is C8H9IO2. The quantitative estimate of drug-likeness (QED) is 0.739. The van der Waals surface area contributed by atoms with Crippen LogP contribution in [0.5, 0.6) is 0 Å².